The predicted octanol–water partition coefficient (Wildman–Crippen LogP) is 5.95. The summed E-state index contributed by atoms with van der Waals surface area (Å²) in [5.41, 5.74) is 3.34. The van der Waals surface area contributed by atoms with Crippen LogP contribution in [0.5, 0.6) is 0 Å². The van der Waals surface area contributed by atoms with Crippen LogP contribution >= 0.6 is 0 Å². The van der Waals surface area contributed by atoms with Crippen LogP contribution in [0.1, 0.15) is 42.9 Å². The highest BCUT2D eigenvalue weighted by Crippen LogP contribution is 2.13. The summed E-state index contributed by atoms with van der Waals surface area (Å²) in [5.74, 6) is -1.55. The molecule has 0 amide bonds. The average molecular weight is 300 g/mol. The fourth-order valence-electron chi connectivity index (χ4n) is 2.37. The van der Waals surface area contributed by atoms with Crippen LogP contribution in [-0.2, 0) is 12.8 Å². The Hall–Kier alpha value is -1.96. The first-order chi connectivity index (χ1) is 10.7. The molecule has 2 aromatic carbocycles. The van der Waals surface area contributed by atoms with Gasteiger partial charge >= 0.3 is 0 Å². The zero-order chi connectivity index (χ0) is 15.8. The first-order valence-electron chi connectivity index (χ1n) is 7.88. The molecule has 116 valence electrons. The molecule has 0 heterocycles. The van der Waals surface area contributed by atoms with Crippen molar-refractivity contribution in [1.29, 1.82) is 0 Å². The molecule has 2 aromatic rings. The van der Waals surface area contributed by atoms with Crippen molar-refractivity contribution in [2.75, 3.05) is 0 Å². The number of benzene rings is 2. The highest BCUT2D eigenvalue weighted by Gasteiger charge is 2.02. The summed E-state index contributed by atoms with van der Waals surface area (Å²) in [4.78, 5) is 0. The van der Waals surface area contributed by atoms with Gasteiger partial charge in [0, 0.05) is 0 Å². The molecule has 0 bridgehead atoms. The Bertz CT molecular complexity index is 612. The van der Waals surface area contributed by atoms with Gasteiger partial charge in [0.1, 0.15) is 0 Å². The molecular weight excluding hydrogens is 278 g/mol. The summed E-state index contributed by atoms with van der Waals surface area (Å²) in [7, 11) is 0. The van der Waals surface area contributed by atoms with Gasteiger partial charge in [-0.1, -0.05) is 55.8 Å². The highest BCUT2D eigenvalue weighted by molar-refractivity contribution is 5.49. The molecule has 0 aliphatic heterocycles. The Morgan fingerprint density at radius 3 is 2.23 bits per heavy atom. The topological polar surface area (TPSA) is 0 Å². The van der Waals surface area contributed by atoms with Crippen LogP contribution in [0, 0.1) is 11.6 Å². The summed E-state index contributed by atoms with van der Waals surface area (Å²) < 4.78 is 26.0. The second-order valence-electron chi connectivity index (χ2n) is 5.53. The van der Waals surface area contributed by atoms with Crippen molar-refractivity contribution in [2.45, 2.75) is 39.0 Å². The van der Waals surface area contributed by atoms with E-state index in [0.29, 0.717) is 0 Å². The van der Waals surface area contributed by atoms with E-state index in [0.717, 1.165) is 31.2 Å². The van der Waals surface area contributed by atoms with Crippen molar-refractivity contribution in [3.8, 4) is 0 Å². The van der Waals surface area contributed by atoms with Gasteiger partial charge in [-0.05, 0) is 54.5 Å². The molecular formula is C20H22F2. The number of unbranched alkanes of at least 4 members (excludes halogenated alkanes) is 1. The molecule has 0 unspecified atom stereocenters. The van der Waals surface area contributed by atoms with Gasteiger partial charge in [0.25, 0.3) is 0 Å². The third-order valence-electron chi connectivity index (χ3n) is 3.66. The van der Waals surface area contributed by atoms with Crippen molar-refractivity contribution < 1.29 is 8.78 Å². The summed E-state index contributed by atoms with van der Waals surface area (Å²) in [6.45, 7) is 2.17. The first-order valence-corrected chi connectivity index (χ1v) is 7.88. The zero-order valence-electron chi connectivity index (χ0n) is 13.0. The quantitative estimate of drug-likeness (QED) is 0.592. The Morgan fingerprint density at radius 1 is 0.864 bits per heavy atom. The van der Waals surface area contributed by atoms with Crippen molar-refractivity contribution in [3.05, 3.63) is 76.9 Å². The van der Waals surface area contributed by atoms with E-state index in [2.05, 4.69) is 43.3 Å². The zero-order valence-corrected chi connectivity index (χ0v) is 13.0. The van der Waals surface area contributed by atoms with E-state index in [9.17, 15) is 8.78 Å². The van der Waals surface area contributed by atoms with Crippen molar-refractivity contribution in [1.82, 2.24) is 0 Å². The maximum Gasteiger partial charge on any atom is 0.159 e. The average Bonchev–Trinajstić information content (AvgIpc) is 2.53. The molecule has 22 heavy (non-hydrogen) atoms. The molecule has 0 radical (unpaired) electrons. The molecule has 0 aliphatic rings. The lowest BCUT2D eigenvalue weighted by atomic mass is 10.0. The Kier molecular flexibility index (Phi) is 6.32. The number of rotatable bonds is 7. The van der Waals surface area contributed by atoms with Crippen LogP contribution < -0.4 is 0 Å². The number of allylic oxidation sites excluding steroid dienone is 1. The van der Waals surface area contributed by atoms with Gasteiger partial charge < -0.3 is 0 Å². The second-order valence-corrected chi connectivity index (χ2v) is 5.53. The summed E-state index contributed by atoms with van der Waals surface area (Å²) in [5, 5.41) is 0. The summed E-state index contributed by atoms with van der Waals surface area (Å²) in [6, 6.07) is 12.7. The summed E-state index contributed by atoms with van der Waals surface area (Å²) in [6.07, 6.45) is 9.24. The van der Waals surface area contributed by atoms with Crippen molar-refractivity contribution in [2.24, 2.45) is 0 Å². The minimum atomic E-state index is -0.782. The first kappa shape index (κ1) is 16.4. The van der Waals surface area contributed by atoms with E-state index in [1.54, 1.807) is 6.07 Å². The van der Waals surface area contributed by atoms with Crippen LogP contribution in [0.3, 0.4) is 0 Å². The fraction of sp³-hybridized carbons (Fsp3) is 0.300. The molecule has 2 heteroatoms. The molecule has 2 rings (SSSR count). The number of halogens is 2. The molecule has 0 spiro atoms. The van der Waals surface area contributed by atoms with E-state index in [1.807, 2.05) is 0 Å². The fourth-order valence-corrected chi connectivity index (χ4v) is 2.37. The smallest absolute Gasteiger partial charge is 0.159 e. The SMILES string of the molecule is CCC/C=C/c1ccc(CCCc2ccc(F)c(F)c2)cc1. The lowest BCUT2D eigenvalue weighted by molar-refractivity contribution is 0.507. The third kappa shape index (κ3) is 5.10. The van der Waals surface area contributed by atoms with Gasteiger partial charge in [0.15, 0.2) is 11.6 Å². The normalized spacial score (nSPS) is 11.2. The predicted molar refractivity (Wildman–Crippen MR) is 88.8 cm³/mol. The standard InChI is InChI=1S/C20H22F2/c1-2-3-4-6-16-9-11-17(12-10-16)7-5-8-18-13-14-19(21)20(22)15-18/h4,6,9-15H,2-3,5,7-8H2,1H3/b6-4+. The molecule has 0 aliphatic carbocycles. The lowest BCUT2D eigenvalue weighted by Crippen LogP contribution is -1.92. The molecule has 0 nitrogen and oxygen atoms in total. The van der Waals surface area contributed by atoms with Gasteiger partial charge in [-0.25, -0.2) is 8.78 Å². The number of hydrogen-bond donors (Lipinski definition) is 0. The monoisotopic (exact) mass is 300 g/mol. The minimum Gasteiger partial charge on any atom is -0.204 e. The van der Waals surface area contributed by atoms with Gasteiger partial charge in [0.05, 0.1) is 0 Å². The minimum absolute atomic E-state index is 0.759. The van der Waals surface area contributed by atoms with Crippen molar-refractivity contribution in [3.63, 3.8) is 0 Å². The maximum atomic E-state index is 13.1. The van der Waals surface area contributed by atoms with Crippen molar-refractivity contribution >= 4 is 6.08 Å². The Morgan fingerprint density at radius 2 is 1.55 bits per heavy atom. The molecule has 0 fully saturated rings. The number of hydrogen-bond acceptors (Lipinski definition) is 0. The van der Waals surface area contributed by atoms with Crippen LogP contribution in [-0.4, -0.2) is 0 Å². The van der Waals surface area contributed by atoms with E-state index in [1.165, 1.54) is 29.7 Å². The van der Waals surface area contributed by atoms with Crippen LogP contribution in [0.4, 0.5) is 8.78 Å². The van der Waals surface area contributed by atoms with Gasteiger partial charge in [-0.15, -0.1) is 0 Å². The van der Waals surface area contributed by atoms with Crippen LogP contribution in [0.15, 0.2) is 48.5 Å². The molecule has 0 N–H and O–H groups in total. The van der Waals surface area contributed by atoms with E-state index in [-0.39, 0.29) is 0 Å². The van der Waals surface area contributed by atoms with Crippen LogP contribution in [0.2, 0.25) is 0 Å². The largest absolute Gasteiger partial charge is 0.204 e. The molecule has 0 saturated carbocycles. The van der Waals surface area contributed by atoms with E-state index >= 15 is 0 Å². The lowest BCUT2D eigenvalue weighted by Gasteiger charge is -2.04. The Labute approximate surface area is 131 Å². The highest BCUT2D eigenvalue weighted by atomic mass is 19.2. The van der Waals surface area contributed by atoms with Gasteiger partial charge in [0.2, 0.25) is 0 Å². The van der Waals surface area contributed by atoms with Crippen LogP contribution in [0.25, 0.3) is 6.08 Å². The Balaban J connectivity index is 1.82. The number of aryl methyl sites for hydroxylation is 2. The maximum absolute atomic E-state index is 13.1. The van der Waals surface area contributed by atoms with E-state index < -0.39 is 11.6 Å². The van der Waals surface area contributed by atoms with Gasteiger partial charge in [-0.3, -0.25) is 0 Å². The molecule has 0 aromatic heterocycles. The molecule has 0 saturated heterocycles. The second kappa shape index (κ2) is 8.47. The third-order valence-corrected chi connectivity index (χ3v) is 3.66. The van der Waals surface area contributed by atoms with E-state index in [4.69, 9.17) is 0 Å². The molecule has 0 atom stereocenters. The summed E-state index contributed by atoms with van der Waals surface area (Å²) >= 11 is 0. The van der Waals surface area contributed by atoms with Gasteiger partial charge in [-0.2, -0.15) is 0 Å².